The van der Waals surface area contributed by atoms with E-state index in [1.165, 1.54) is 26.4 Å². The van der Waals surface area contributed by atoms with E-state index in [0.29, 0.717) is 59.4 Å². The van der Waals surface area contributed by atoms with Crippen LogP contribution < -0.4 is 15.4 Å². The van der Waals surface area contributed by atoms with Crippen molar-refractivity contribution in [3.8, 4) is 39.5 Å². The Balaban J connectivity index is 0.00000228. The predicted octanol–water partition coefficient (Wildman–Crippen LogP) is 8.91. The SMILES string of the molecule is COC(=O)N[C@H](C(=O)N1CCC[C@H]1c1ncc(-c2cc(F)c3c(c2)OC(c2ccc(F)s2)n2c-3cc3cc(-c4cnc([C@@H]5CCCN5C(=O)[C@@H](NC(=O)OC)C(C)C)[nH]4)ccc32)[nH]1)C(C)C.S.S.S.S. The van der Waals surface area contributed by atoms with Gasteiger partial charge < -0.3 is 44.6 Å². The zero-order valence-corrected chi connectivity index (χ0v) is 44.1. The van der Waals surface area contributed by atoms with Crippen LogP contribution in [0.5, 0.6) is 5.75 Å². The number of benzene rings is 2. The number of nitrogens with one attached hydrogen (secondary N) is 4. The number of likely N-dealkylation sites (tertiary alicyclic amines) is 2. The number of aromatic amines is 2. The first kappa shape index (κ1) is 55.6. The summed E-state index contributed by atoms with van der Waals surface area (Å²) in [5, 5.41) is 5.74. The molecule has 2 fully saturated rings. The van der Waals surface area contributed by atoms with Crippen molar-refractivity contribution < 1.29 is 42.2 Å². The summed E-state index contributed by atoms with van der Waals surface area (Å²) in [6, 6.07) is 11.7. The Hall–Kier alpha value is -5.36. The van der Waals surface area contributed by atoms with Gasteiger partial charge in [0.2, 0.25) is 18.0 Å². The molecule has 3 aliphatic heterocycles. The van der Waals surface area contributed by atoms with Crippen molar-refractivity contribution in [1.82, 2.24) is 44.9 Å². The van der Waals surface area contributed by atoms with Gasteiger partial charge in [0.05, 0.1) is 71.7 Å². The van der Waals surface area contributed by atoms with Crippen LogP contribution in [-0.4, -0.2) is 97.7 Å². The molecule has 2 aromatic carbocycles. The van der Waals surface area contributed by atoms with Crippen molar-refractivity contribution in [1.29, 1.82) is 0 Å². The normalized spacial score (nSPS) is 17.8. The first-order valence-corrected chi connectivity index (χ1v) is 22.9. The summed E-state index contributed by atoms with van der Waals surface area (Å²) < 4.78 is 49.4. The van der Waals surface area contributed by atoms with Gasteiger partial charge in [-0.15, -0.1) is 11.3 Å². The highest BCUT2D eigenvalue weighted by Crippen LogP contribution is 2.48. The van der Waals surface area contributed by atoms with E-state index in [0.717, 1.165) is 46.3 Å². The molecule has 4 N–H and O–H groups in total. The van der Waals surface area contributed by atoms with Gasteiger partial charge in [-0.1, -0.05) is 33.8 Å². The fourth-order valence-corrected chi connectivity index (χ4v) is 10.2. The highest BCUT2D eigenvalue weighted by Gasteiger charge is 2.40. The van der Waals surface area contributed by atoms with Gasteiger partial charge in [0.25, 0.3) is 0 Å². The van der Waals surface area contributed by atoms with Gasteiger partial charge in [-0.2, -0.15) is 58.4 Å². The third-order valence-corrected chi connectivity index (χ3v) is 13.7. The molecule has 0 spiro atoms. The van der Waals surface area contributed by atoms with Crippen LogP contribution in [0.4, 0.5) is 18.4 Å². The van der Waals surface area contributed by atoms with Crippen LogP contribution in [0.2, 0.25) is 0 Å². The molecule has 4 aromatic heterocycles. The summed E-state index contributed by atoms with van der Waals surface area (Å²) in [5.41, 5.74) is 4.03. The number of imidazole rings is 2. The lowest BCUT2D eigenvalue weighted by molar-refractivity contribution is -0.136. The van der Waals surface area contributed by atoms with E-state index in [4.69, 9.17) is 19.2 Å². The van der Waals surface area contributed by atoms with E-state index in [-0.39, 0.29) is 100 Å². The molecule has 0 aliphatic carbocycles. The Kier molecular flexibility index (Phi) is 18.1. The Morgan fingerprint density at radius 1 is 0.743 bits per heavy atom. The highest BCUT2D eigenvalue weighted by molar-refractivity contribution is 7.59. The minimum absolute atomic E-state index is 0. The molecule has 2 saturated heterocycles. The van der Waals surface area contributed by atoms with Crippen LogP contribution in [-0.2, 0) is 19.1 Å². The Morgan fingerprint density at radius 3 is 1.79 bits per heavy atom. The molecule has 7 heterocycles. The average Bonchev–Trinajstić information content (AvgIpc) is 4.16. The molecule has 0 bridgehead atoms. The monoisotopic (exact) mass is 1060 g/mol. The van der Waals surface area contributed by atoms with Gasteiger partial charge in [-0.3, -0.25) is 14.2 Å². The van der Waals surface area contributed by atoms with Crippen molar-refractivity contribution in [2.45, 2.75) is 83.8 Å². The minimum atomic E-state index is -0.823. The number of carbonyl (C=O) groups is 4. The number of thiophene rings is 1. The van der Waals surface area contributed by atoms with E-state index in [1.54, 1.807) is 34.3 Å². The zero-order chi connectivity index (χ0) is 46.6. The number of carbonyl (C=O) groups excluding carboxylic acids is 4. The second-order valence-electron chi connectivity index (χ2n) is 17.6. The van der Waals surface area contributed by atoms with Crippen LogP contribution in [0.15, 0.2) is 60.9 Å². The van der Waals surface area contributed by atoms with E-state index < -0.39 is 42.4 Å². The van der Waals surface area contributed by atoms with Crippen molar-refractivity contribution in [3.63, 3.8) is 0 Å². The smallest absolute Gasteiger partial charge is 0.407 e. The molecule has 0 saturated carbocycles. The van der Waals surface area contributed by atoms with Gasteiger partial charge in [-0.25, -0.2) is 23.9 Å². The number of hydrogen-bond acceptors (Lipinski definition) is 10. The summed E-state index contributed by atoms with van der Waals surface area (Å²) in [6.45, 7) is 8.44. The fourth-order valence-electron chi connectivity index (χ4n) is 9.44. The molecular weight excluding hydrogens is 1000 g/mol. The summed E-state index contributed by atoms with van der Waals surface area (Å²) in [7, 11) is 2.51. The number of H-pyrrole nitrogens is 2. The number of alkyl carbamates (subject to hydrolysis) is 2. The fraction of sp³-hybridized carbons (Fsp3) is 0.404. The lowest BCUT2D eigenvalue weighted by Crippen LogP contribution is -2.51. The number of amides is 4. The summed E-state index contributed by atoms with van der Waals surface area (Å²) in [5.74, 6) is 0.0657. The zero-order valence-electron chi connectivity index (χ0n) is 39.3. The lowest BCUT2D eigenvalue weighted by Gasteiger charge is -2.30. The van der Waals surface area contributed by atoms with Gasteiger partial charge >= 0.3 is 12.2 Å². The third kappa shape index (κ3) is 10.5. The van der Waals surface area contributed by atoms with Crippen molar-refractivity contribution in [2.24, 2.45) is 11.8 Å². The molecule has 3 aliphatic rings. The number of ether oxygens (including phenoxy) is 3. The standard InChI is InChI=1S/C47H51F2N9O7S.4H2S/c1-23(2)39(54-46(61)63-5)43(59)56-15-7-9-32(56)41-50-21-29(52-41)25-11-12-31-27(17-25)19-34-38-28(48)18-26(20-35(38)65-45(58(31)34)36-13-14-37(49)66-36)30-22-51-42(53-30)33-10-8-16-57(33)44(60)40(24(3)4)55-47(62)64-6;;;;/h11-14,17-24,32-33,39-40,45H,7-10,15-16H2,1-6H3,(H,50,52)(H,51,53)(H,54,61)(H,55,62);4*1H2/t32-,33-,39-,40-,45?;;;;/m0..../s1. The van der Waals surface area contributed by atoms with Gasteiger partial charge in [0.1, 0.15) is 35.3 Å². The van der Waals surface area contributed by atoms with Crippen LogP contribution >= 0.6 is 65.3 Å². The van der Waals surface area contributed by atoms with Gasteiger partial charge in [0.15, 0.2) is 5.13 Å². The van der Waals surface area contributed by atoms with Crippen molar-refractivity contribution in [3.05, 3.63) is 88.4 Å². The molecule has 70 heavy (non-hydrogen) atoms. The molecular formula is C47H59F2N9O7S5. The Bertz CT molecular complexity index is 2850. The Labute approximate surface area is 435 Å². The van der Waals surface area contributed by atoms with E-state index in [1.807, 2.05) is 56.5 Å². The summed E-state index contributed by atoms with van der Waals surface area (Å²) in [4.78, 5) is 71.8. The number of methoxy groups -OCH3 is 2. The van der Waals surface area contributed by atoms with Gasteiger partial charge in [0, 0.05) is 29.6 Å². The van der Waals surface area contributed by atoms with Crippen molar-refractivity contribution >= 4 is 100 Å². The molecule has 16 nitrogen and oxygen atoms in total. The Morgan fingerprint density at radius 2 is 1.29 bits per heavy atom. The van der Waals surface area contributed by atoms with Crippen LogP contribution in [0.25, 0.3) is 44.7 Å². The molecule has 4 amide bonds. The first-order chi connectivity index (χ1) is 31.7. The molecule has 23 heteroatoms. The average molecular weight is 1060 g/mol. The first-order valence-electron chi connectivity index (χ1n) is 22.1. The van der Waals surface area contributed by atoms with Gasteiger partial charge in [-0.05, 0) is 80.0 Å². The molecule has 5 atom stereocenters. The maximum Gasteiger partial charge on any atom is 0.407 e. The molecule has 6 aromatic rings. The van der Waals surface area contributed by atoms with E-state index in [2.05, 4.69) is 25.6 Å². The maximum absolute atomic E-state index is 16.7. The topological polar surface area (TPSA) is 189 Å². The second-order valence-corrected chi connectivity index (χ2v) is 18.6. The molecule has 1 unspecified atom stereocenters. The summed E-state index contributed by atoms with van der Waals surface area (Å²) >= 11 is 0.948. The highest BCUT2D eigenvalue weighted by atomic mass is 32.1. The molecule has 9 rings (SSSR count). The van der Waals surface area contributed by atoms with E-state index >= 15 is 4.39 Å². The number of nitrogens with zero attached hydrogens (tertiary/aromatic N) is 5. The number of aromatic nitrogens is 5. The van der Waals surface area contributed by atoms with Crippen molar-refractivity contribution in [2.75, 3.05) is 27.3 Å². The summed E-state index contributed by atoms with van der Waals surface area (Å²) in [6.07, 6.45) is 4.00. The van der Waals surface area contributed by atoms with Crippen LogP contribution in [0.3, 0.4) is 0 Å². The number of halogens is 2. The number of fused-ring (bicyclic) bond motifs is 5. The molecule has 0 radical (unpaired) electrons. The number of rotatable bonds is 11. The largest absolute Gasteiger partial charge is 0.464 e. The third-order valence-electron chi connectivity index (χ3n) is 12.8. The van der Waals surface area contributed by atoms with Crippen LogP contribution in [0.1, 0.15) is 88.2 Å². The predicted molar refractivity (Wildman–Crippen MR) is 283 cm³/mol. The molecule has 378 valence electrons. The van der Waals surface area contributed by atoms with E-state index in [9.17, 15) is 23.6 Å². The number of hydrogen-bond donors (Lipinski definition) is 4. The van der Waals surface area contributed by atoms with Crippen LogP contribution in [0, 0.1) is 22.8 Å². The second kappa shape index (κ2) is 22.8. The minimum Gasteiger partial charge on any atom is -0.464 e. The maximum atomic E-state index is 16.7. The quantitative estimate of drug-likeness (QED) is 0.0983. The lowest BCUT2D eigenvalue weighted by atomic mass is 10.0.